The maximum absolute atomic E-state index is 13.8. The number of amides is 2. The molecule has 0 N–H and O–H groups in total. The molecule has 2 aliphatic heterocycles. The molecule has 0 atom stereocenters. The molecule has 2 heterocycles. The quantitative estimate of drug-likeness (QED) is 0.621. The number of carbonyl (C=O) groups excluding carboxylic acids is 2. The van der Waals surface area contributed by atoms with E-state index in [1.54, 1.807) is 6.07 Å². The Balaban J connectivity index is 1.17. The summed E-state index contributed by atoms with van der Waals surface area (Å²) in [4.78, 5) is 31.1. The fourth-order valence-electron chi connectivity index (χ4n) is 7.86. The van der Waals surface area contributed by atoms with Gasteiger partial charge in [0.15, 0.2) is 0 Å². The third-order valence-corrected chi connectivity index (χ3v) is 10.7. The lowest BCUT2D eigenvalue weighted by atomic mass is 9.49. The van der Waals surface area contributed by atoms with Gasteiger partial charge in [-0.05, 0) is 81.3 Å². The Hall–Kier alpha value is -1.20. The largest absolute Gasteiger partial charge is 0.342 e. The van der Waals surface area contributed by atoms with Crippen molar-refractivity contribution in [2.45, 2.75) is 56.2 Å². The first-order valence-electron chi connectivity index (χ1n) is 12.0. The normalized spacial score (nSPS) is 35.7. The molecule has 1 aromatic rings. The minimum absolute atomic E-state index is 0.0384. The summed E-state index contributed by atoms with van der Waals surface area (Å²) in [7, 11) is 0. The van der Waals surface area contributed by atoms with Crippen LogP contribution < -0.4 is 0 Å². The van der Waals surface area contributed by atoms with Crippen LogP contribution in [0.2, 0.25) is 5.02 Å². The molecule has 4 saturated carbocycles. The van der Waals surface area contributed by atoms with Crippen molar-refractivity contribution < 1.29 is 9.59 Å². The van der Waals surface area contributed by atoms with Crippen molar-refractivity contribution in [2.75, 3.05) is 25.4 Å². The number of likely N-dealkylation sites (tertiary alicyclic amines) is 1. The van der Waals surface area contributed by atoms with E-state index in [9.17, 15) is 9.59 Å². The highest BCUT2D eigenvalue weighted by Gasteiger charge is 2.56. The Morgan fingerprint density at radius 3 is 2.16 bits per heavy atom. The predicted molar refractivity (Wildman–Crippen MR) is 124 cm³/mol. The van der Waals surface area contributed by atoms with Gasteiger partial charge in [-0.2, -0.15) is 0 Å². The number of hydrogen-bond acceptors (Lipinski definition) is 3. The summed E-state index contributed by atoms with van der Waals surface area (Å²) < 4.78 is 0. The molecule has 7 rings (SSSR count). The van der Waals surface area contributed by atoms with Gasteiger partial charge in [-0.1, -0.05) is 23.7 Å². The van der Waals surface area contributed by atoms with Crippen molar-refractivity contribution in [1.29, 1.82) is 0 Å². The molecule has 4 bridgehead atoms. The predicted octanol–water partition coefficient (Wildman–Crippen LogP) is 5.06. The van der Waals surface area contributed by atoms with Gasteiger partial charge in [0.05, 0.1) is 20.9 Å². The monoisotopic (exact) mass is 458 g/mol. The summed E-state index contributed by atoms with van der Waals surface area (Å²) in [6.07, 6.45) is 9.22. The van der Waals surface area contributed by atoms with Gasteiger partial charge in [-0.25, -0.2) is 0 Å². The molecule has 6 heteroatoms. The molecule has 166 valence electrons. The van der Waals surface area contributed by atoms with E-state index in [-0.39, 0.29) is 16.2 Å². The molecule has 0 aromatic heterocycles. The first-order valence-corrected chi connectivity index (χ1v) is 13.3. The molecular formula is C25H31ClN2O2S. The van der Waals surface area contributed by atoms with E-state index in [4.69, 9.17) is 11.6 Å². The topological polar surface area (TPSA) is 40.6 Å². The summed E-state index contributed by atoms with van der Waals surface area (Å²) >= 11 is 8.23. The minimum atomic E-state index is -0.186. The van der Waals surface area contributed by atoms with Crippen molar-refractivity contribution in [3.63, 3.8) is 0 Å². The Bertz CT molecular complexity index is 875. The van der Waals surface area contributed by atoms with Crippen molar-refractivity contribution >= 4 is 35.2 Å². The van der Waals surface area contributed by atoms with E-state index in [0.717, 1.165) is 75.2 Å². The van der Waals surface area contributed by atoms with Crippen molar-refractivity contribution in [3.8, 4) is 0 Å². The number of rotatable bonds is 2. The van der Waals surface area contributed by atoms with Gasteiger partial charge in [0, 0.05) is 25.4 Å². The number of carbonyl (C=O) groups is 2. The average molecular weight is 459 g/mol. The molecule has 31 heavy (non-hydrogen) atoms. The van der Waals surface area contributed by atoms with Gasteiger partial charge in [0.2, 0.25) is 5.91 Å². The maximum atomic E-state index is 13.8. The van der Waals surface area contributed by atoms with Crippen LogP contribution in [-0.2, 0) is 4.79 Å². The smallest absolute Gasteiger partial charge is 0.256 e. The first kappa shape index (κ1) is 20.4. The number of benzene rings is 1. The van der Waals surface area contributed by atoms with E-state index in [1.165, 1.54) is 19.3 Å². The first-order chi connectivity index (χ1) is 15.0. The number of halogens is 1. The Kier molecular flexibility index (Phi) is 4.88. The maximum Gasteiger partial charge on any atom is 0.256 e. The van der Waals surface area contributed by atoms with Gasteiger partial charge in [0.25, 0.3) is 5.91 Å². The Morgan fingerprint density at radius 1 is 0.935 bits per heavy atom. The number of piperidine rings is 1. The highest BCUT2D eigenvalue weighted by Crippen LogP contribution is 2.61. The molecule has 0 radical (unpaired) electrons. The molecule has 2 saturated heterocycles. The summed E-state index contributed by atoms with van der Waals surface area (Å²) in [5, 5.41) is 0.522. The summed E-state index contributed by atoms with van der Waals surface area (Å²) in [6.45, 7) is 2.32. The highest BCUT2D eigenvalue weighted by molar-refractivity contribution is 8.00. The molecule has 1 aromatic carbocycles. The van der Waals surface area contributed by atoms with E-state index >= 15 is 0 Å². The zero-order valence-electron chi connectivity index (χ0n) is 18.0. The average Bonchev–Trinajstić information content (AvgIpc) is 3.15. The van der Waals surface area contributed by atoms with Crippen molar-refractivity contribution in [2.24, 2.45) is 23.2 Å². The van der Waals surface area contributed by atoms with Crippen LogP contribution in [0.4, 0.5) is 0 Å². The van der Waals surface area contributed by atoms with Crippen LogP contribution in [0.25, 0.3) is 0 Å². The van der Waals surface area contributed by atoms with Crippen LogP contribution in [0.15, 0.2) is 24.3 Å². The Labute approximate surface area is 194 Å². The van der Waals surface area contributed by atoms with Crippen LogP contribution >= 0.6 is 23.4 Å². The number of thioether (sulfide) groups is 1. The van der Waals surface area contributed by atoms with E-state index in [2.05, 4.69) is 4.90 Å². The lowest BCUT2D eigenvalue weighted by molar-refractivity contribution is -0.159. The van der Waals surface area contributed by atoms with Crippen LogP contribution in [-0.4, -0.2) is 51.9 Å². The fraction of sp³-hybridized carbons (Fsp3) is 0.680. The Morgan fingerprint density at radius 2 is 1.55 bits per heavy atom. The summed E-state index contributed by atoms with van der Waals surface area (Å²) in [5.41, 5.74) is 0.535. The van der Waals surface area contributed by atoms with Crippen LogP contribution in [0.5, 0.6) is 0 Å². The van der Waals surface area contributed by atoms with Gasteiger partial charge in [0.1, 0.15) is 0 Å². The molecule has 4 nitrogen and oxygen atoms in total. The van der Waals surface area contributed by atoms with Gasteiger partial charge < -0.3 is 9.80 Å². The van der Waals surface area contributed by atoms with Crippen LogP contribution in [0.3, 0.4) is 0 Å². The third-order valence-electron chi connectivity index (χ3n) is 8.85. The molecule has 0 unspecified atom stereocenters. The molecule has 1 spiro atoms. The zero-order chi connectivity index (χ0) is 21.2. The summed E-state index contributed by atoms with van der Waals surface area (Å²) in [5.74, 6) is 3.81. The molecule has 2 amide bonds. The number of nitrogens with zero attached hydrogens (tertiary/aromatic N) is 2. The molecule has 6 fully saturated rings. The molecule has 4 aliphatic carbocycles. The van der Waals surface area contributed by atoms with Gasteiger partial charge in [-0.15, -0.1) is 11.8 Å². The lowest BCUT2D eigenvalue weighted by Gasteiger charge is -2.57. The second-order valence-corrected chi connectivity index (χ2v) is 12.6. The van der Waals surface area contributed by atoms with Crippen LogP contribution in [0, 0.1) is 23.2 Å². The number of hydrogen-bond donors (Lipinski definition) is 0. The van der Waals surface area contributed by atoms with Gasteiger partial charge >= 0.3 is 0 Å². The van der Waals surface area contributed by atoms with Crippen molar-refractivity contribution in [1.82, 2.24) is 9.80 Å². The third kappa shape index (κ3) is 3.25. The fourth-order valence-corrected chi connectivity index (χ4v) is 9.53. The minimum Gasteiger partial charge on any atom is -0.342 e. The zero-order valence-corrected chi connectivity index (χ0v) is 19.6. The summed E-state index contributed by atoms with van der Waals surface area (Å²) in [6, 6.07) is 7.36. The molecular weight excluding hydrogens is 428 g/mol. The second-order valence-electron chi connectivity index (χ2n) is 10.7. The lowest BCUT2D eigenvalue weighted by Crippen LogP contribution is -2.58. The SMILES string of the molecule is O=C(c1ccccc1Cl)N1CCSC12CCN(C(=O)C13CC4CC(CC(C4)C1)C3)CC2. The van der Waals surface area contributed by atoms with Crippen LogP contribution in [0.1, 0.15) is 61.7 Å². The highest BCUT2D eigenvalue weighted by atomic mass is 35.5. The van der Waals surface area contributed by atoms with E-state index < -0.39 is 0 Å². The van der Waals surface area contributed by atoms with E-state index in [0.29, 0.717) is 16.5 Å². The van der Waals surface area contributed by atoms with Crippen molar-refractivity contribution in [3.05, 3.63) is 34.9 Å². The van der Waals surface area contributed by atoms with E-state index in [1.807, 2.05) is 34.9 Å². The van der Waals surface area contributed by atoms with Gasteiger partial charge in [-0.3, -0.25) is 9.59 Å². The standard InChI is InChI=1S/C25H31ClN2O2S/c26-21-4-2-1-3-20(21)22(29)28-9-10-31-25(28)5-7-27(8-6-25)23(30)24-14-17-11-18(15-24)13-19(12-17)16-24/h1-4,17-19H,5-16H2. The second kappa shape index (κ2) is 7.41. The molecule has 6 aliphatic rings.